The van der Waals surface area contributed by atoms with E-state index in [0.29, 0.717) is 27.1 Å². The molecule has 9 heteroatoms. The third-order valence-corrected chi connectivity index (χ3v) is 5.10. The second-order valence-corrected chi connectivity index (χ2v) is 7.99. The second kappa shape index (κ2) is 12.6. The molecule has 3 aromatic carbocycles. The van der Waals surface area contributed by atoms with E-state index >= 15 is 0 Å². The summed E-state index contributed by atoms with van der Waals surface area (Å²) >= 11 is 11.9. The number of nitrogens with one attached hydrogen (secondary N) is 1. The minimum atomic E-state index is -0.855. The Morgan fingerprint density at radius 1 is 0.943 bits per heavy atom. The van der Waals surface area contributed by atoms with Crippen molar-refractivity contribution in [1.82, 2.24) is 5.43 Å². The van der Waals surface area contributed by atoms with Crippen LogP contribution in [0.1, 0.15) is 18.1 Å². The molecule has 35 heavy (non-hydrogen) atoms. The van der Waals surface area contributed by atoms with Crippen molar-refractivity contribution < 1.29 is 23.8 Å². The molecule has 0 saturated carbocycles. The lowest BCUT2D eigenvalue weighted by Crippen LogP contribution is -2.33. The number of ether oxygens (including phenoxy) is 3. The first-order valence-electron chi connectivity index (χ1n) is 10.4. The standard InChI is InChI=1S/C26H22Cl2N2O5/c1-17(34-22-12-10-20(27)15-21(22)28)26(32)30-29-16-19-8-11-23(24(14-19)33-2)35-25(31)13-9-18-6-4-3-5-7-18/h3-17H,1-2H3,(H,30,32)/b13-9+,29-16-/t17-/m0/s1. The average Bonchev–Trinajstić information content (AvgIpc) is 2.85. The highest BCUT2D eigenvalue weighted by atomic mass is 35.5. The first kappa shape index (κ1) is 25.8. The fourth-order valence-electron chi connectivity index (χ4n) is 2.80. The molecule has 0 heterocycles. The van der Waals surface area contributed by atoms with Crippen molar-refractivity contribution in [3.63, 3.8) is 0 Å². The molecule has 1 atom stereocenters. The zero-order valence-electron chi connectivity index (χ0n) is 18.9. The number of benzene rings is 3. The summed E-state index contributed by atoms with van der Waals surface area (Å²) in [6, 6.07) is 19.0. The third-order valence-electron chi connectivity index (χ3n) is 4.56. The van der Waals surface area contributed by atoms with Crippen LogP contribution in [0.5, 0.6) is 17.2 Å². The van der Waals surface area contributed by atoms with Gasteiger partial charge in [-0.2, -0.15) is 5.10 Å². The molecule has 0 aromatic heterocycles. The molecule has 3 rings (SSSR count). The average molecular weight is 513 g/mol. The van der Waals surface area contributed by atoms with Crippen LogP contribution in [-0.4, -0.2) is 31.3 Å². The SMILES string of the molecule is COc1cc(/C=N\NC(=O)[C@H](C)Oc2ccc(Cl)cc2Cl)ccc1OC(=O)/C=C/c1ccccc1. The molecule has 3 aromatic rings. The third kappa shape index (κ3) is 7.88. The predicted molar refractivity (Wildman–Crippen MR) is 136 cm³/mol. The summed E-state index contributed by atoms with van der Waals surface area (Å²) in [7, 11) is 1.45. The molecule has 0 spiro atoms. The summed E-state index contributed by atoms with van der Waals surface area (Å²) in [6.45, 7) is 1.56. The lowest BCUT2D eigenvalue weighted by Gasteiger charge is -2.14. The van der Waals surface area contributed by atoms with Crippen LogP contribution >= 0.6 is 23.2 Å². The van der Waals surface area contributed by atoms with Crippen molar-refractivity contribution in [2.75, 3.05) is 7.11 Å². The molecule has 0 fully saturated rings. The summed E-state index contributed by atoms with van der Waals surface area (Å²) in [6.07, 6.45) is 3.55. The number of hydrazone groups is 1. The highest BCUT2D eigenvalue weighted by Crippen LogP contribution is 2.29. The number of nitrogens with zero attached hydrogens (tertiary/aromatic N) is 1. The van der Waals surface area contributed by atoms with Gasteiger partial charge < -0.3 is 14.2 Å². The van der Waals surface area contributed by atoms with E-state index in [1.807, 2.05) is 30.3 Å². The molecule has 0 aliphatic heterocycles. The number of hydrogen-bond donors (Lipinski definition) is 1. The molecule has 1 amide bonds. The van der Waals surface area contributed by atoms with Crippen molar-refractivity contribution in [3.8, 4) is 17.2 Å². The van der Waals surface area contributed by atoms with Crippen molar-refractivity contribution in [3.05, 3.63) is 94.0 Å². The highest BCUT2D eigenvalue weighted by molar-refractivity contribution is 6.35. The summed E-state index contributed by atoms with van der Waals surface area (Å²) < 4.78 is 16.2. The monoisotopic (exact) mass is 512 g/mol. The van der Waals surface area contributed by atoms with Crippen molar-refractivity contribution in [2.24, 2.45) is 5.10 Å². The van der Waals surface area contributed by atoms with E-state index in [2.05, 4.69) is 10.5 Å². The highest BCUT2D eigenvalue weighted by Gasteiger charge is 2.16. The Bertz CT molecular complexity index is 1250. The van der Waals surface area contributed by atoms with Gasteiger partial charge in [0.15, 0.2) is 17.6 Å². The van der Waals surface area contributed by atoms with Crippen LogP contribution in [0.3, 0.4) is 0 Å². The van der Waals surface area contributed by atoms with Gasteiger partial charge in [-0.15, -0.1) is 0 Å². The fraction of sp³-hybridized carbons (Fsp3) is 0.115. The maximum atomic E-state index is 12.3. The summed E-state index contributed by atoms with van der Waals surface area (Å²) in [5.74, 6) is -0.115. The number of carbonyl (C=O) groups excluding carboxylic acids is 2. The van der Waals surface area contributed by atoms with E-state index in [9.17, 15) is 9.59 Å². The van der Waals surface area contributed by atoms with Gasteiger partial charge >= 0.3 is 5.97 Å². The number of esters is 1. The van der Waals surface area contributed by atoms with E-state index in [0.717, 1.165) is 5.56 Å². The van der Waals surface area contributed by atoms with E-state index < -0.39 is 18.0 Å². The predicted octanol–water partition coefficient (Wildman–Crippen LogP) is 5.54. The number of halogens is 2. The first-order chi connectivity index (χ1) is 16.9. The first-order valence-corrected chi connectivity index (χ1v) is 11.2. The quantitative estimate of drug-likeness (QED) is 0.134. The molecule has 0 unspecified atom stereocenters. The Morgan fingerprint density at radius 2 is 1.69 bits per heavy atom. The number of methoxy groups -OCH3 is 1. The van der Waals surface area contributed by atoms with E-state index in [1.165, 1.54) is 25.5 Å². The van der Waals surface area contributed by atoms with Gasteiger partial charge in [-0.3, -0.25) is 4.79 Å². The van der Waals surface area contributed by atoms with E-state index in [4.69, 9.17) is 37.4 Å². The topological polar surface area (TPSA) is 86.2 Å². The Labute approximate surface area is 212 Å². The number of carbonyl (C=O) groups is 2. The Morgan fingerprint density at radius 3 is 2.40 bits per heavy atom. The van der Waals surface area contributed by atoms with Gasteiger partial charge in [0.2, 0.25) is 0 Å². The van der Waals surface area contributed by atoms with Gasteiger partial charge in [-0.25, -0.2) is 10.2 Å². The molecule has 1 N–H and O–H groups in total. The molecule has 180 valence electrons. The van der Waals surface area contributed by atoms with Gasteiger partial charge in [-0.1, -0.05) is 53.5 Å². The second-order valence-electron chi connectivity index (χ2n) is 7.14. The van der Waals surface area contributed by atoms with Crippen LogP contribution in [0, 0.1) is 0 Å². The lowest BCUT2D eigenvalue weighted by molar-refractivity contribution is -0.129. The Hall–Kier alpha value is -3.81. The van der Waals surface area contributed by atoms with Gasteiger partial charge in [-0.05, 0) is 60.5 Å². The molecular formula is C26H22Cl2N2O5. The van der Waals surface area contributed by atoms with Crippen LogP contribution in [0.4, 0.5) is 0 Å². The van der Waals surface area contributed by atoms with Crippen LogP contribution in [0.15, 0.2) is 77.9 Å². The van der Waals surface area contributed by atoms with Crippen LogP contribution < -0.4 is 19.6 Å². The van der Waals surface area contributed by atoms with Crippen LogP contribution in [0.25, 0.3) is 6.08 Å². The van der Waals surface area contributed by atoms with Gasteiger partial charge in [0.25, 0.3) is 5.91 Å². The number of rotatable bonds is 9. The molecule has 0 aliphatic rings. The minimum absolute atomic E-state index is 0.248. The zero-order valence-corrected chi connectivity index (χ0v) is 20.4. The van der Waals surface area contributed by atoms with Gasteiger partial charge in [0.1, 0.15) is 5.75 Å². The fourth-order valence-corrected chi connectivity index (χ4v) is 3.25. The normalized spacial score (nSPS) is 11.9. The Kier molecular flexibility index (Phi) is 9.29. The molecule has 0 bridgehead atoms. The van der Waals surface area contributed by atoms with Crippen molar-refractivity contribution in [1.29, 1.82) is 0 Å². The zero-order chi connectivity index (χ0) is 25.2. The van der Waals surface area contributed by atoms with Crippen LogP contribution in [-0.2, 0) is 9.59 Å². The Balaban J connectivity index is 1.57. The molecule has 7 nitrogen and oxygen atoms in total. The van der Waals surface area contributed by atoms with Crippen LogP contribution in [0.2, 0.25) is 10.0 Å². The molecule has 0 saturated heterocycles. The number of hydrogen-bond acceptors (Lipinski definition) is 6. The van der Waals surface area contributed by atoms with Crippen molar-refractivity contribution in [2.45, 2.75) is 13.0 Å². The smallest absolute Gasteiger partial charge is 0.336 e. The van der Waals surface area contributed by atoms with E-state index in [1.54, 1.807) is 43.3 Å². The minimum Gasteiger partial charge on any atom is -0.493 e. The lowest BCUT2D eigenvalue weighted by atomic mass is 10.2. The molecular weight excluding hydrogens is 491 g/mol. The van der Waals surface area contributed by atoms with Gasteiger partial charge in [0.05, 0.1) is 18.3 Å². The largest absolute Gasteiger partial charge is 0.493 e. The summed E-state index contributed by atoms with van der Waals surface area (Å²) in [4.78, 5) is 24.4. The van der Waals surface area contributed by atoms with Gasteiger partial charge in [0, 0.05) is 11.1 Å². The van der Waals surface area contributed by atoms with E-state index in [-0.39, 0.29) is 5.75 Å². The summed E-state index contributed by atoms with van der Waals surface area (Å²) in [5, 5.41) is 4.69. The van der Waals surface area contributed by atoms with Crippen molar-refractivity contribution >= 4 is 47.4 Å². The molecule has 0 radical (unpaired) electrons. The maximum absolute atomic E-state index is 12.3. The maximum Gasteiger partial charge on any atom is 0.336 e. The summed E-state index contributed by atoms with van der Waals surface area (Å²) in [5.41, 5.74) is 3.88. The number of amides is 1. The molecule has 0 aliphatic carbocycles.